The molecule has 15 nitrogen and oxygen atoms in total. The van der Waals surface area contributed by atoms with E-state index in [1.807, 2.05) is 24.3 Å². The molecule has 6 rings (SSSR count). The maximum Gasteiger partial charge on any atom is 0.220 e. The van der Waals surface area contributed by atoms with Gasteiger partial charge in [0.25, 0.3) is 0 Å². The number of Topliss-reactive ketones (excluding diaryl/α,β-unsaturated/α-hetero) is 2. The van der Waals surface area contributed by atoms with E-state index in [1.54, 1.807) is 0 Å². The predicted molar refractivity (Wildman–Crippen MR) is 210 cm³/mol. The molecule has 4 aliphatic heterocycles. The Labute approximate surface area is 325 Å². The molecule has 0 aromatic carbocycles. The van der Waals surface area contributed by atoms with Crippen molar-refractivity contribution in [3.63, 3.8) is 0 Å². The third kappa shape index (κ3) is 12.8. The molecule has 2 aromatic rings. The smallest absolute Gasteiger partial charge is 0.220 e. The predicted octanol–water partition coefficient (Wildman–Crippen LogP) is 0.928. The number of nitrogens with two attached hydrogens (primary N) is 2. The van der Waals surface area contributed by atoms with Crippen LogP contribution in [0.4, 0.5) is 0 Å². The van der Waals surface area contributed by atoms with E-state index in [2.05, 4.69) is 40.2 Å². The molecule has 0 radical (unpaired) electrons. The third-order valence-corrected chi connectivity index (χ3v) is 12.1. The first-order valence-electron chi connectivity index (χ1n) is 20.7. The van der Waals surface area contributed by atoms with Gasteiger partial charge in [0, 0.05) is 88.7 Å². The van der Waals surface area contributed by atoms with Crippen molar-refractivity contribution >= 4 is 23.4 Å². The van der Waals surface area contributed by atoms with Crippen LogP contribution in [0.2, 0.25) is 0 Å². The highest BCUT2D eigenvalue weighted by atomic mass is 16.5. The minimum atomic E-state index is -0.201. The molecule has 55 heavy (non-hydrogen) atoms. The molecule has 0 spiro atoms. The lowest BCUT2D eigenvalue weighted by Crippen LogP contribution is -2.44. The SMILES string of the molecule is NC(=O)C1CCN(Cc2ccc(C(=O)CNCCN3CCC(OC4CCN(CCNCC(=O)c5ccc(CN6CCC(C(N)=O)CC6)[nH]5)CC4)CC3)[nH]2)CC1. The van der Waals surface area contributed by atoms with Crippen LogP contribution >= 0.6 is 0 Å². The van der Waals surface area contributed by atoms with E-state index in [-0.39, 0.29) is 35.2 Å². The van der Waals surface area contributed by atoms with Crippen molar-refractivity contribution in [3.8, 4) is 0 Å². The van der Waals surface area contributed by atoms with Crippen LogP contribution < -0.4 is 22.1 Å². The van der Waals surface area contributed by atoms with Crippen LogP contribution in [-0.2, 0) is 27.4 Å². The fraction of sp³-hybridized carbons (Fsp3) is 0.700. The molecule has 0 aliphatic carbocycles. The van der Waals surface area contributed by atoms with Crippen molar-refractivity contribution in [3.05, 3.63) is 47.0 Å². The van der Waals surface area contributed by atoms with Crippen molar-refractivity contribution in [2.75, 3.05) is 91.6 Å². The average molecular weight is 765 g/mol. The highest BCUT2D eigenvalue weighted by molar-refractivity contribution is 5.96. The fourth-order valence-electron chi connectivity index (χ4n) is 8.50. The number of nitrogens with zero attached hydrogens (tertiary/aromatic N) is 4. The summed E-state index contributed by atoms with van der Waals surface area (Å²) in [4.78, 5) is 64.4. The highest BCUT2D eigenvalue weighted by Crippen LogP contribution is 2.22. The number of rotatable bonds is 20. The summed E-state index contributed by atoms with van der Waals surface area (Å²) in [6, 6.07) is 7.71. The summed E-state index contributed by atoms with van der Waals surface area (Å²) in [7, 11) is 0. The second-order valence-electron chi connectivity index (χ2n) is 16.1. The number of H-pyrrole nitrogens is 2. The lowest BCUT2D eigenvalue weighted by Gasteiger charge is -2.37. The first-order valence-corrected chi connectivity index (χ1v) is 20.7. The Morgan fingerprint density at radius 1 is 0.564 bits per heavy atom. The number of likely N-dealkylation sites (tertiary alicyclic amines) is 4. The van der Waals surface area contributed by atoms with Gasteiger partial charge in [-0.1, -0.05) is 0 Å². The van der Waals surface area contributed by atoms with Gasteiger partial charge >= 0.3 is 0 Å². The van der Waals surface area contributed by atoms with E-state index in [1.165, 1.54) is 0 Å². The molecular weight excluding hydrogens is 701 g/mol. The molecule has 6 heterocycles. The van der Waals surface area contributed by atoms with Gasteiger partial charge < -0.3 is 46.6 Å². The van der Waals surface area contributed by atoms with Gasteiger partial charge in [0.15, 0.2) is 11.6 Å². The zero-order valence-electron chi connectivity index (χ0n) is 32.6. The number of aromatic amines is 2. The molecule has 15 heteroatoms. The number of amides is 2. The topological polar surface area (TPSA) is 198 Å². The monoisotopic (exact) mass is 765 g/mol. The number of ether oxygens (including phenoxy) is 1. The van der Waals surface area contributed by atoms with Crippen LogP contribution in [0.1, 0.15) is 83.7 Å². The lowest BCUT2D eigenvalue weighted by molar-refractivity contribution is -0.124. The summed E-state index contributed by atoms with van der Waals surface area (Å²) >= 11 is 0. The van der Waals surface area contributed by atoms with Crippen molar-refractivity contribution in [2.24, 2.45) is 23.3 Å². The molecule has 4 aliphatic rings. The fourth-order valence-corrected chi connectivity index (χ4v) is 8.50. The number of hydrogen-bond acceptors (Lipinski definition) is 11. The number of piperidine rings is 4. The summed E-state index contributed by atoms with van der Waals surface area (Å²) in [5, 5.41) is 6.66. The Morgan fingerprint density at radius 2 is 0.927 bits per heavy atom. The van der Waals surface area contributed by atoms with Gasteiger partial charge in [0.05, 0.1) is 36.7 Å². The van der Waals surface area contributed by atoms with Crippen LogP contribution in [0, 0.1) is 11.8 Å². The summed E-state index contributed by atoms with van der Waals surface area (Å²) in [5.41, 5.74) is 14.2. The zero-order chi connectivity index (χ0) is 38.6. The van der Waals surface area contributed by atoms with Crippen molar-refractivity contribution < 1.29 is 23.9 Å². The van der Waals surface area contributed by atoms with Crippen LogP contribution in [0.25, 0.3) is 0 Å². The number of carbonyl (C=O) groups excluding carboxylic acids is 4. The molecule has 4 saturated heterocycles. The van der Waals surface area contributed by atoms with Crippen molar-refractivity contribution in [1.29, 1.82) is 0 Å². The molecule has 0 bridgehead atoms. The molecule has 4 fully saturated rings. The first kappa shape index (κ1) is 41.2. The van der Waals surface area contributed by atoms with Gasteiger partial charge in [-0.25, -0.2) is 0 Å². The Hall–Kier alpha value is -3.44. The second kappa shape index (κ2) is 20.6. The summed E-state index contributed by atoms with van der Waals surface area (Å²) in [6.07, 6.45) is 7.98. The average Bonchev–Trinajstić information content (AvgIpc) is 3.87. The number of ketones is 2. The standard InChI is InChI=1S/C40H64N10O5/c41-39(53)29-5-15-49(16-6-29)27-31-1-3-35(45-31)37(51)25-43-13-23-47-19-9-33(10-20-47)55-34-11-21-48(22-12-34)24-14-44-26-38(52)36-4-2-32(46-36)28-50-17-7-30(8-18-50)40(42)54/h1-4,29-30,33-34,43-46H,5-28H2,(H2,41,53)(H2,42,54). The molecule has 0 atom stereocenters. The molecule has 2 amide bonds. The summed E-state index contributed by atoms with van der Waals surface area (Å²) < 4.78 is 6.55. The van der Waals surface area contributed by atoms with Crippen LogP contribution in [-0.4, -0.2) is 157 Å². The maximum atomic E-state index is 12.8. The second-order valence-corrected chi connectivity index (χ2v) is 16.1. The Kier molecular flexibility index (Phi) is 15.5. The van der Waals surface area contributed by atoms with Crippen LogP contribution in [0.15, 0.2) is 24.3 Å². The largest absolute Gasteiger partial charge is 0.375 e. The molecule has 304 valence electrons. The number of aromatic nitrogens is 2. The highest BCUT2D eigenvalue weighted by Gasteiger charge is 2.27. The molecule has 0 saturated carbocycles. The van der Waals surface area contributed by atoms with Crippen LogP contribution in [0.3, 0.4) is 0 Å². The van der Waals surface area contributed by atoms with Gasteiger partial charge in [0.2, 0.25) is 11.8 Å². The van der Waals surface area contributed by atoms with E-state index in [0.717, 1.165) is 154 Å². The molecular formula is C40H64N10O5. The van der Waals surface area contributed by atoms with Crippen molar-refractivity contribution in [2.45, 2.75) is 76.7 Å². The minimum Gasteiger partial charge on any atom is -0.375 e. The number of carbonyl (C=O) groups is 4. The molecule has 0 unspecified atom stereocenters. The van der Waals surface area contributed by atoms with Gasteiger partial charge in [-0.2, -0.15) is 0 Å². The number of nitrogens with one attached hydrogen (secondary N) is 4. The molecule has 8 N–H and O–H groups in total. The van der Waals surface area contributed by atoms with E-state index in [0.29, 0.717) is 36.7 Å². The van der Waals surface area contributed by atoms with Crippen molar-refractivity contribution in [1.82, 2.24) is 40.2 Å². The van der Waals surface area contributed by atoms with E-state index in [4.69, 9.17) is 16.2 Å². The van der Waals surface area contributed by atoms with E-state index < -0.39 is 0 Å². The summed E-state index contributed by atoms with van der Waals surface area (Å²) in [6.45, 7) is 12.9. The number of primary amides is 2. The lowest BCUT2D eigenvalue weighted by atomic mass is 9.96. The molecule has 2 aromatic heterocycles. The van der Waals surface area contributed by atoms with E-state index >= 15 is 0 Å². The quantitative estimate of drug-likeness (QED) is 0.0829. The summed E-state index contributed by atoms with van der Waals surface area (Å²) in [5.74, 6) is -0.305. The van der Waals surface area contributed by atoms with E-state index in [9.17, 15) is 19.2 Å². The van der Waals surface area contributed by atoms with Gasteiger partial charge in [-0.05, 0) is 102 Å². The normalized spacial score (nSPS) is 20.9. The Morgan fingerprint density at radius 3 is 1.29 bits per heavy atom. The Balaban J connectivity index is 0.760. The van der Waals surface area contributed by atoms with Gasteiger partial charge in [-0.15, -0.1) is 0 Å². The van der Waals surface area contributed by atoms with Gasteiger partial charge in [0.1, 0.15) is 0 Å². The minimum absolute atomic E-state index is 0.0189. The maximum absolute atomic E-state index is 12.8. The number of hydrogen-bond donors (Lipinski definition) is 6. The third-order valence-electron chi connectivity index (χ3n) is 12.1. The Bertz CT molecular complexity index is 1420. The first-order chi connectivity index (χ1) is 26.7. The zero-order valence-corrected chi connectivity index (χ0v) is 32.6. The van der Waals surface area contributed by atoms with Crippen LogP contribution in [0.5, 0.6) is 0 Å². The van der Waals surface area contributed by atoms with Gasteiger partial charge in [-0.3, -0.25) is 29.0 Å².